The van der Waals surface area contributed by atoms with Gasteiger partial charge in [-0.3, -0.25) is 0 Å². The van der Waals surface area contributed by atoms with Gasteiger partial charge in [-0.2, -0.15) is 0 Å². The van der Waals surface area contributed by atoms with Gasteiger partial charge in [0.1, 0.15) is 23.2 Å². The number of furan rings is 1. The summed E-state index contributed by atoms with van der Waals surface area (Å²) in [4.78, 5) is 8.37. The molecule has 0 saturated carbocycles. The summed E-state index contributed by atoms with van der Waals surface area (Å²) in [6, 6.07) is 8.74. The molecule has 0 aliphatic rings. The molecule has 0 saturated heterocycles. The third-order valence-electron chi connectivity index (χ3n) is 2.92. The highest BCUT2D eigenvalue weighted by Gasteiger charge is 2.15. The van der Waals surface area contributed by atoms with Gasteiger partial charge in [0.2, 0.25) is 0 Å². The zero-order valence-electron chi connectivity index (χ0n) is 10.3. The lowest BCUT2D eigenvalue weighted by atomic mass is 10.1. The van der Waals surface area contributed by atoms with Crippen molar-refractivity contribution in [3.63, 3.8) is 0 Å². The molecule has 4 nitrogen and oxygen atoms in total. The standard InChI is InChI=1S/C14H12ClN3O/c1-8-17-5-4-11(18-8)14(16)13-7-9-6-10(15)2-3-12(9)19-13/h2-7,14H,16H2,1H3. The Balaban J connectivity index is 2.04. The van der Waals surface area contributed by atoms with E-state index in [2.05, 4.69) is 9.97 Å². The molecule has 0 aliphatic carbocycles. The number of benzene rings is 1. The van der Waals surface area contributed by atoms with E-state index in [4.69, 9.17) is 21.8 Å². The van der Waals surface area contributed by atoms with E-state index in [1.54, 1.807) is 18.3 Å². The van der Waals surface area contributed by atoms with Crippen LogP contribution in [0.5, 0.6) is 0 Å². The first-order chi connectivity index (χ1) is 9.13. The number of rotatable bonds is 2. The Morgan fingerprint density at radius 2 is 2.11 bits per heavy atom. The van der Waals surface area contributed by atoms with Crippen molar-refractivity contribution >= 4 is 22.6 Å². The van der Waals surface area contributed by atoms with Crippen LogP contribution in [0.1, 0.15) is 23.3 Å². The normalized spacial score (nSPS) is 12.8. The molecule has 2 N–H and O–H groups in total. The van der Waals surface area contributed by atoms with Crippen molar-refractivity contribution in [2.45, 2.75) is 13.0 Å². The molecule has 3 aromatic rings. The first kappa shape index (κ1) is 12.1. The van der Waals surface area contributed by atoms with Crippen LogP contribution in [0.25, 0.3) is 11.0 Å². The van der Waals surface area contributed by atoms with Crippen LogP contribution < -0.4 is 5.73 Å². The van der Waals surface area contributed by atoms with Gasteiger partial charge in [0.25, 0.3) is 0 Å². The molecule has 1 unspecified atom stereocenters. The van der Waals surface area contributed by atoms with Crippen LogP contribution in [-0.2, 0) is 0 Å². The molecule has 2 heterocycles. The van der Waals surface area contributed by atoms with E-state index in [9.17, 15) is 0 Å². The van der Waals surface area contributed by atoms with Gasteiger partial charge in [-0.25, -0.2) is 9.97 Å². The molecule has 0 fully saturated rings. The molecule has 5 heteroatoms. The third-order valence-corrected chi connectivity index (χ3v) is 3.16. The number of hydrogen-bond acceptors (Lipinski definition) is 4. The second kappa shape index (κ2) is 4.64. The van der Waals surface area contributed by atoms with Gasteiger partial charge in [-0.05, 0) is 37.3 Å². The average Bonchev–Trinajstić information content (AvgIpc) is 2.80. The van der Waals surface area contributed by atoms with Crippen LogP contribution in [0.4, 0.5) is 0 Å². The predicted octanol–water partition coefficient (Wildman–Crippen LogP) is 3.23. The summed E-state index contributed by atoms with van der Waals surface area (Å²) in [5.41, 5.74) is 7.67. The van der Waals surface area contributed by atoms with E-state index in [0.29, 0.717) is 16.6 Å². The topological polar surface area (TPSA) is 64.9 Å². The summed E-state index contributed by atoms with van der Waals surface area (Å²) < 4.78 is 5.74. The lowest BCUT2D eigenvalue weighted by Crippen LogP contribution is -2.13. The quantitative estimate of drug-likeness (QED) is 0.778. The van der Waals surface area contributed by atoms with Crippen LogP contribution in [0.3, 0.4) is 0 Å². The van der Waals surface area contributed by atoms with E-state index < -0.39 is 6.04 Å². The second-order valence-corrected chi connectivity index (χ2v) is 4.77. The van der Waals surface area contributed by atoms with Crippen LogP contribution in [-0.4, -0.2) is 9.97 Å². The molecular weight excluding hydrogens is 262 g/mol. The highest BCUT2D eigenvalue weighted by molar-refractivity contribution is 6.31. The molecule has 2 aromatic heterocycles. The van der Waals surface area contributed by atoms with Gasteiger partial charge >= 0.3 is 0 Å². The maximum Gasteiger partial charge on any atom is 0.134 e. The molecule has 3 rings (SSSR count). The molecule has 0 aliphatic heterocycles. The van der Waals surface area contributed by atoms with Crippen molar-refractivity contribution in [2.24, 2.45) is 5.73 Å². The SMILES string of the molecule is Cc1nccc(C(N)c2cc3cc(Cl)ccc3o2)n1. The molecule has 96 valence electrons. The molecule has 0 radical (unpaired) electrons. The van der Waals surface area contributed by atoms with Crippen LogP contribution in [0.2, 0.25) is 5.02 Å². The van der Waals surface area contributed by atoms with Gasteiger partial charge in [0, 0.05) is 16.6 Å². The number of aromatic nitrogens is 2. The largest absolute Gasteiger partial charge is 0.459 e. The van der Waals surface area contributed by atoms with Gasteiger partial charge in [-0.1, -0.05) is 11.6 Å². The van der Waals surface area contributed by atoms with Crippen molar-refractivity contribution in [1.29, 1.82) is 0 Å². The zero-order valence-corrected chi connectivity index (χ0v) is 11.1. The smallest absolute Gasteiger partial charge is 0.134 e. The van der Waals surface area contributed by atoms with Crippen LogP contribution in [0, 0.1) is 6.92 Å². The van der Waals surface area contributed by atoms with Gasteiger partial charge in [-0.15, -0.1) is 0 Å². The Kier molecular flexibility index (Phi) is 2.97. The van der Waals surface area contributed by atoms with Gasteiger partial charge in [0.05, 0.1) is 5.69 Å². The maximum atomic E-state index is 6.17. The van der Waals surface area contributed by atoms with Crippen LogP contribution >= 0.6 is 11.6 Å². The fourth-order valence-corrected chi connectivity index (χ4v) is 2.16. The number of aryl methyl sites for hydroxylation is 1. The van der Waals surface area contributed by atoms with E-state index in [0.717, 1.165) is 16.7 Å². The monoisotopic (exact) mass is 273 g/mol. The molecule has 1 atom stereocenters. The Hall–Kier alpha value is -1.91. The summed E-state index contributed by atoms with van der Waals surface area (Å²) in [5, 5.41) is 1.61. The third kappa shape index (κ3) is 2.32. The highest BCUT2D eigenvalue weighted by atomic mass is 35.5. The number of nitrogens with two attached hydrogens (primary N) is 1. The summed E-state index contributed by atoms with van der Waals surface area (Å²) in [5.74, 6) is 1.35. The number of fused-ring (bicyclic) bond motifs is 1. The minimum atomic E-state index is -0.409. The lowest BCUT2D eigenvalue weighted by Gasteiger charge is -2.07. The van der Waals surface area contributed by atoms with Crippen molar-refractivity contribution in [1.82, 2.24) is 9.97 Å². The van der Waals surface area contributed by atoms with Crippen molar-refractivity contribution < 1.29 is 4.42 Å². The zero-order chi connectivity index (χ0) is 13.4. The maximum absolute atomic E-state index is 6.17. The summed E-state index contributed by atoms with van der Waals surface area (Å²) >= 11 is 5.95. The first-order valence-electron chi connectivity index (χ1n) is 5.87. The average molecular weight is 274 g/mol. The minimum Gasteiger partial charge on any atom is -0.459 e. The summed E-state index contributed by atoms with van der Waals surface area (Å²) in [6.45, 7) is 1.83. The molecular formula is C14H12ClN3O. The Morgan fingerprint density at radius 1 is 1.26 bits per heavy atom. The molecule has 0 amide bonds. The Labute approximate surface area is 115 Å². The van der Waals surface area contributed by atoms with Crippen molar-refractivity contribution in [3.8, 4) is 0 Å². The first-order valence-corrected chi connectivity index (χ1v) is 6.25. The van der Waals surface area contributed by atoms with Gasteiger partial charge < -0.3 is 10.2 Å². The lowest BCUT2D eigenvalue weighted by molar-refractivity contribution is 0.520. The Morgan fingerprint density at radius 3 is 2.89 bits per heavy atom. The van der Waals surface area contributed by atoms with Crippen LogP contribution in [0.15, 0.2) is 40.9 Å². The fraction of sp³-hybridized carbons (Fsp3) is 0.143. The minimum absolute atomic E-state index is 0.409. The molecule has 19 heavy (non-hydrogen) atoms. The Bertz CT molecular complexity index is 738. The molecule has 0 spiro atoms. The van der Waals surface area contributed by atoms with Gasteiger partial charge in [0.15, 0.2) is 0 Å². The number of hydrogen-bond donors (Lipinski definition) is 1. The van der Waals surface area contributed by atoms with E-state index in [-0.39, 0.29) is 0 Å². The summed E-state index contributed by atoms with van der Waals surface area (Å²) in [6.07, 6.45) is 1.69. The number of nitrogens with zero attached hydrogens (tertiary/aromatic N) is 2. The predicted molar refractivity (Wildman–Crippen MR) is 74.0 cm³/mol. The van der Waals surface area contributed by atoms with E-state index >= 15 is 0 Å². The molecule has 1 aromatic carbocycles. The summed E-state index contributed by atoms with van der Waals surface area (Å²) in [7, 11) is 0. The van der Waals surface area contributed by atoms with E-state index in [1.165, 1.54) is 0 Å². The van der Waals surface area contributed by atoms with E-state index in [1.807, 2.05) is 25.1 Å². The van der Waals surface area contributed by atoms with Crippen molar-refractivity contribution in [2.75, 3.05) is 0 Å². The molecule has 0 bridgehead atoms. The number of halogens is 1. The second-order valence-electron chi connectivity index (χ2n) is 4.34. The van der Waals surface area contributed by atoms with Crippen molar-refractivity contribution in [3.05, 3.63) is 58.8 Å². The highest BCUT2D eigenvalue weighted by Crippen LogP contribution is 2.27. The fourth-order valence-electron chi connectivity index (χ4n) is 1.98.